The van der Waals surface area contributed by atoms with Crippen LogP contribution in [0.2, 0.25) is 5.02 Å². The topological polar surface area (TPSA) is 101 Å². The maximum atomic E-state index is 13.3. The summed E-state index contributed by atoms with van der Waals surface area (Å²) in [5.41, 5.74) is 4.70. The molecule has 1 atom stereocenters. The molecule has 1 fully saturated rings. The molecule has 4 aromatic rings. The lowest BCUT2D eigenvalue weighted by atomic mass is 10.0. The zero-order chi connectivity index (χ0) is 28.3. The van der Waals surface area contributed by atoms with Gasteiger partial charge in [0, 0.05) is 55.0 Å². The van der Waals surface area contributed by atoms with E-state index in [-0.39, 0.29) is 30.4 Å². The Labute approximate surface area is 243 Å². The largest absolute Gasteiger partial charge is 0.381 e. The van der Waals surface area contributed by atoms with E-state index in [2.05, 4.69) is 20.6 Å². The fourth-order valence-corrected chi connectivity index (χ4v) is 5.51. The molecule has 1 unspecified atom stereocenters. The molecule has 4 heterocycles. The molecule has 9 nitrogen and oxygen atoms in total. The second kappa shape index (κ2) is 11.7. The molecule has 0 radical (unpaired) electrons. The van der Waals surface area contributed by atoms with Gasteiger partial charge in [0.15, 0.2) is 0 Å². The molecular weight excluding hydrogens is 540 g/mol. The van der Waals surface area contributed by atoms with Crippen molar-refractivity contribution >= 4 is 29.4 Å². The molecule has 6 rings (SSSR count). The van der Waals surface area contributed by atoms with E-state index in [9.17, 15) is 9.59 Å². The van der Waals surface area contributed by atoms with Crippen LogP contribution < -0.4 is 10.6 Å². The van der Waals surface area contributed by atoms with Crippen molar-refractivity contribution in [3.8, 4) is 16.9 Å². The monoisotopic (exact) mass is 570 g/mol. The Balaban J connectivity index is 1.12. The molecule has 0 spiro atoms. The summed E-state index contributed by atoms with van der Waals surface area (Å²) in [6, 6.07) is 17.6. The van der Waals surface area contributed by atoms with E-state index < -0.39 is 0 Å². The Bertz CT molecular complexity index is 1570. The number of benzene rings is 2. The minimum absolute atomic E-state index is 0.0298. The van der Waals surface area contributed by atoms with Gasteiger partial charge in [-0.05, 0) is 61.2 Å². The van der Waals surface area contributed by atoms with E-state index in [1.54, 1.807) is 17.2 Å². The lowest BCUT2D eigenvalue weighted by molar-refractivity contribution is -0.122. The van der Waals surface area contributed by atoms with Gasteiger partial charge in [-0.1, -0.05) is 35.9 Å². The first-order chi connectivity index (χ1) is 19.9. The van der Waals surface area contributed by atoms with Crippen LogP contribution in [0.5, 0.6) is 0 Å². The molecule has 2 N–H and O–H groups in total. The second-order valence-corrected chi connectivity index (χ2v) is 10.8. The van der Waals surface area contributed by atoms with Gasteiger partial charge in [0.25, 0.3) is 5.91 Å². The molecule has 2 aliphatic rings. The number of amides is 2. The number of carbonyl (C=O) groups is 2. The zero-order valence-corrected chi connectivity index (χ0v) is 23.5. The number of carbonyl (C=O) groups excluding carboxylic acids is 2. The highest BCUT2D eigenvalue weighted by atomic mass is 35.5. The quantitative estimate of drug-likeness (QED) is 0.309. The third kappa shape index (κ3) is 5.96. The van der Waals surface area contributed by atoms with E-state index in [1.807, 2.05) is 72.4 Å². The molecule has 0 saturated carbocycles. The van der Waals surface area contributed by atoms with Crippen molar-refractivity contribution in [2.45, 2.75) is 38.4 Å². The number of fused-ring (bicyclic) bond motifs is 1. The number of hydrogen-bond acceptors (Lipinski definition) is 6. The number of anilines is 1. The average molecular weight is 571 g/mol. The summed E-state index contributed by atoms with van der Waals surface area (Å²) in [7, 11) is 0. The number of ether oxygens (including phenoxy) is 1. The van der Waals surface area contributed by atoms with Crippen LogP contribution in [0.15, 0.2) is 73.2 Å². The predicted molar refractivity (Wildman–Crippen MR) is 157 cm³/mol. The summed E-state index contributed by atoms with van der Waals surface area (Å²) in [6.07, 6.45) is 7.30. The van der Waals surface area contributed by atoms with E-state index in [0.717, 1.165) is 35.2 Å². The van der Waals surface area contributed by atoms with Crippen LogP contribution in [0.1, 0.15) is 47.3 Å². The van der Waals surface area contributed by atoms with Crippen molar-refractivity contribution in [3.05, 3.63) is 94.9 Å². The first-order valence-electron chi connectivity index (χ1n) is 13.8. The van der Waals surface area contributed by atoms with Crippen LogP contribution >= 0.6 is 11.6 Å². The van der Waals surface area contributed by atoms with Crippen molar-refractivity contribution in [3.63, 3.8) is 0 Å². The highest BCUT2D eigenvalue weighted by molar-refractivity contribution is 6.33. The van der Waals surface area contributed by atoms with Gasteiger partial charge < -0.3 is 24.8 Å². The molecule has 1 saturated heterocycles. The fourth-order valence-electron chi connectivity index (χ4n) is 5.30. The number of hydrogen-bond donors (Lipinski definition) is 2. The Morgan fingerprint density at radius 1 is 1.12 bits per heavy atom. The predicted octanol–water partition coefficient (Wildman–Crippen LogP) is 5.01. The molecule has 210 valence electrons. The van der Waals surface area contributed by atoms with Gasteiger partial charge in [-0.2, -0.15) is 0 Å². The lowest BCUT2D eigenvalue weighted by Gasteiger charge is -2.23. The molecule has 0 bridgehead atoms. The van der Waals surface area contributed by atoms with E-state index >= 15 is 0 Å². The van der Waals surface area contributed by atoms with Gasteiger partial charge in [0.05, 0.1) is 23.0 Å². The molecule has 0 aliphatic carbocycles. The average Bonchev–Trinajstić information content (AvgIpc) is 3.63. The molecule has 2 amide bonds. The van der Waals surface area contributed by atoms with Crippen molar-refractivity contribution in [2.75, 3.05) is 25.1 Å². The third-order valence-electron chi connectivity index (χ3n) is 7.55. The minimum Gasteiger partial charge on any atom is -0.381 e. The zero-order valence-electron chi connectivity index (χ0n) is 22.7. The first kappa shape index (κ1) is 27.0. The number of rotatable bonds is 8. The standard InChI is InChI=1S/C31H31ClN6O3/c1-20(21-5-4-6-25(15-21)37-11-2-3-12-37)34-28(39)19-38-18-23-8-7-22(16-26(23)30(38)40)29-27(32)17-33-31(36-29)35-24-9-13-41-14-10-24/h2-8,11-12,15-17,20,24H,9-10,13-14,18-19H2,1H3,(H,34,39)(H,33,35,36). The number of nitrogens with one attached hydrogen (secondary N) is 2. The summed E-state index contributed by atoms with van der Waals surface area (Å²) in [5, 5.41) is 6.80. The van der Waals surface area contributed by atoms with Crippen LogP contribution in [0.4, 0.5) is 5.95 Å². The smallest absolute Gasteiger partial charge is 0.254 e. The Morgan fingerprint density at radius 2 is 1.93 bits per heavy atom. The fraction of sp³-hybridized carbons (Fsp3) is 0.290. The Hall–Kier alpha value is -4.21. The van der Waals surface area contributed by atoms with Gasteiger partial charge in [-0.25, -0.2) is 9.97 Å². The number of halogens is 1. The van der Waals surface area contributed by atoms with Crippen molar-refractivity contribution in [1.29, 1.82) is 0 Å². The second-order valence-electron chi connectivity index (χ2n) is 10.4. The van der Waals surface area contributed by atoms with Gasteiger partial charge >= 0.3 is 0 Å². The normalized spacial score (nSPS) is 16.0. The highest BCUT2D eigenvalue weighted by Crippen LogP contribution is 2.32. The molecule has 2 aliphatic heterocycles. The first-order valence-corrected chi connectivity index (χ1v) is 14.1. The van der Waals surface area contributed by atoms with Gasteiger partial charge in [-0.3, -0.25) is 9.59 Å². The lowest BCUT2D eigenvalue weighted by Crippen LogP contribution is -2.38. The molecule has 10 heteroatoms. The number of nitrogens with zero attached hydrogens (tertiary/aromatic N) is 4. The van der Waals surface area contributed by atoms with Gasteiger partial charge in [0.2, 0.25) is 11.9 Å². The van der Waals surface area contributed by atoms with Gasteiger partial charge in [-0.15, -0.1) is 0 Å². The van der Waals surface area contributed by atoms with E-state index in [4.69, 9.17) is 16.3 Å². The molecular formula is C31H31ClN6O3. The van der Waals surface area contributed by atoms with Crippen molar-refractivity contribution in [1.82, 2.24) is 24.8 Å². The third-order valence-corrected chi connectivity index (χ3v) is 7.82. The number of aromatic nitrogens is 3. The summed E-state index contributed by atoms with van der Waals surface area (Å²) < 4.78 is 7.45. The molecule has 2 aromatic carbocycles. The van der Waals surface area contributed by atoms with Crippen LogP contribution in [-0.4, -0.2) is 57.0 Å². The Kier molecular flexibility index (Phi) is 7.71. The van der Waals surface area contributed by atoms with Crippen molar-refractivity contribution < 1.29 is 14.3 Å². The van der Waals surface area contributed by atoms with Crippen molar-refractivity contribution in [2.24, 2.45) is 0 Å². The summed E-state index contributed by atoms with van der Waals surface area (Å²) in [6.45, 7) is 3.70. The Morgan fingerprint density at radius 3 is 2.73 bits per heavy atom. The van der Waals surface area contributed by atoms with Gasteiger partial charge in [0.1, 0.15) is 6.54 Å². The van der Waals surface area contributed by atoms with Crippen LogP contribution in [0.3, 0.4) is 0 Å². The SMILES string of the molecule is CC(NC(=O)CN1Cc2ccc(-c3nc(NC4CCOCC4)ncc3Cl)cc2C1=O)c1cccc(-n2cccc2)c1. The summed E-state index contributed by atoms with van der Waals surface area (Å²) in [4.78, 5) is 36.8. The van der Waals surface area contributed by atoms with Crippen LogP contribution in [-0.2, 0) is 16.1 Å². The van der Waals surface area contributed by atoms with Crippen LogP contribution in [0, 0.1) is 0 Å². The van der Waals surface area contributed by atoms with Crippen LogP contribution in [0.25, 0.3) is 16.9 Å². The maximum absolute atomic E-state index is 13.3. The van der Waals surface area contributed by atoms with E-state index in [1.165, 1.54) is 0 Å². The molecule has 41 heavy (non-hydrogen) atoms. The summed E-state index contributed by atoms with van der Waals surface area (Å²) >= 11 is 6.47. The summed E-state index contributed by atoms with van der Waals surface area (Å²) in [5.74, 6) is 0.0901. The molecule has 2 aromatic heterocycles. The highest BCUT2D eigenvalue weighted by Gasteiger charge is 2.30. The minimum atomic E-state index is -0.215. The maximum Gasteiger partial charge on any atom is 0.254 e. The van der Waals surface area contributed by atoms with E-state index in [0.29, 0.717) is 42.0 Å².